The van der Waals surface area contributed by atoms with Gasteiger partial charge in [-0.2, -0.15) is 0 Å². The average molecular weight is 292 g/mol. The first-order chi connectivity index (χ1) is 10.7. The summed E-state index contributed by atoms with van der Waals surface area (Å²) in [6, 6.07) is 15.3. The third kappa shape index (κ3) is 2.40. The summed E-state index contributed by atoms with van der Waals surface area (Å²) in [7, 11) is 0. The molecule has 0 saturated carbocycles. The monoisotopic (exact) mass is 292 g/mol. The average Bonchev–Trinajstić information content (AvgIpc) is 2.55. The predicted molar refractivity (Wildman–Crippen MR) is 83.3 cm³/mol. The lowest BCUT2D eigenvalue weighted by Gasteiger charge is -2.06. The van der Waals surface area contributed by atoms with Crippen LogP contribution in [-0.4, -0.2) is 16.5 Å². The maximum Gasteiger partial charge on any atom is 0.154 e. The van der Waals surface area contributed by atoms with Crippen LogP contribution >= 0.6 is 0 Å². The van der Waals surface area contributed by atoms with Crippen molar-refractivity contribution in [3.8, 4) is 11.5 Å². The van der Waals surface area contributed by atoms with E-state index in [-0.39, 0.29) is 28.4 Å². The molecule has 0 heterocycles. The third-order valence-electron chi connectivity index (χ3n) is 3.29. The number of carbonyl (C=O) groups excluding carboxylic acids is 1. The molecule has 2 N–H and O–H groups in total. The Bertz CT molecular complexity index is 888. The van der Waals surface area contributed by atoms with Crippen molar-refractivity contribution < 1.29 is 15.0 Å². The Kier molecular flexibility index (Phi) is 3.53. The summed E-state index contributed by atoms with van der Waals surface area (Å²) in [6.07, 6.45) is 0.570. The normalized spacial score (nSPS) is 11.1. The van der Waals surface area contributed by atoms with Crippen LogP contribution in [0.1, 0.15) is 10.4 Å². The quantitative estimate of drug-likeness (QED) is 0.551. The fourth-order valence-corrected chi connectivity index (χ4v) is 2.18. The number of rotatable bonds is 3. The smallest absolute Gasteiger partial charge is 0.154 e. The topological polar surface area (TPSA) is 82.2 Å². The van der Waals surface area contributed by atoms with Gasteiger partial charge in [0.25, 0.3) is 0 Å². The minimum atomic E-state index is -0.229. The Labute approximate surface area is 126 Å². The van der Waals surface area contributed by atoms with Crippen LogP contribution in [0.4, 0.5) is 11.4 Å². The van der Waals surface area contributed by atoms with Gasteiger partial charge in [0.2, 0.25) is 0 Å². The second-order valence-corrected chi connectivity index (χ2v) is 4.69. The number of hydrogen-bond acceptors (Lipinski definition) is 5. The molecule has 0 radical (unpaired) electrons. The molecule has 3 rings (SSSR count). The minimum Gasteiger partial charge on any atom is -0.506 e. The van der Waals surface area contributed by atoms with E-state index in [1.165, 1.54) is 6.07 Å². The van der Waals surface area contributed by atoms with Crippen molar-refractivity contribution in [3.05, 3.63) is 60.2 Å². The van der Waals surface area contributed by atoms with Gasteiger partial charge in [-0.15, -0.1) is 10.2 Å². The number of aldehydes is 1. The molecular formula is C17H12N2O3. The zero-order valence-electron chi connectivity index (χ0n) is 11.5. The maximum absolute atomic E-state index is 11.1. The highest BCUT2D eigenvalue weighted by Crippen LogP contribution is 2.39. The molecule has 3 aromatic carbocycles. The van der Waals surface area contributed by atoms with Crippen molar-refractivity contribution in [3.63, 3.8) is 0 Å². The predicted octanol–water partition coefficient (Wildman–Crippen LogP) is 4.48. The molecule has 0 aliphatic carbocycles. The molecule has 0 aliphatic heterocycles. The number of aromatic hydroxyl groups is 2. The van der Waals surface area contributed by atoms with Gasteiger partial charge in [-0.3, -0.25) is 4.79 Å². The van der Waals surface area contributed by atoms with E-state index in [9.17, 15) is 15.0 Å². The van der Waals surface area contributed by atoms with Crippen LogP contribution < -0.4 is 0 Å². The van der Waals surface area contributed by atoms with Crippen molar-refractivity contribution in [1.29, 1.82) is 0 Å². The highest BCUT2D eigenvalue weighted by molar-refractivity contribution is 6.01. The number of benzene rings is 3. The van der Waals surface area contributed by atoms with Crippen LogP contribution in [0.25, 0.3) is 10.8 Å². The van der Waals surface area contributed by atoms with Gasteiger partial charge in [0.05, 0.1) is 5.56 Å². The van der Waals surface area contributed by atoms with E-state index in [1.807, 2.05) is 12.1 Å². The third-order valence-corrected chi connectivity index (χ3v) is 3.29. The van der Waals surface area contributed by atoms with Crippen molar-refractivity contribution in [2.75, 3.05) is 0 Å². The minimum absolute atomic E-state index is 0.0124. The van der Waals surface area contributed by atoms with Gasteiger partial charge < -0.3 is 10.2 Å². The standard InChI is InChI=1S/C17H12N2O3/c20-10-12-9-11-5-1-2-6-13(11)16(17(12)22)19-18-14-7-3-4-8-15(14)21/h1-10,21-22H. The summed E-state index contributed by atoms with van der Waals surface area (Å²) in [6.45, 7) is 0. The lowest BCUT2D eigenvalue weighted by molar-refractivity contribution is 0.112. The van der Waals surface area contributed by atoms with Gasteiger partial charge in [-0.05, 0) is 23.6 Å². The van der Waals surface area contributed by atoms with Gasteiger partial charge in [0.15, 0.2) is 12.0 Å². The lowest BCUT2D eigenvalue weighted by atomic mass is 10.0. The number of nitrogens with zero attached hydrogens (tertiary/aromatic N) is 2. The number of azo groups is 1. The molecule has 0 fully saturated rings. The second-order valence-electron chi connectivity index (χ2n) is 4.69. The van der Waals surface area contributed by atoms with Crippen LogP contribution in [0.5, 0.6) is 11.5 Å². The van der Waals surface area contributed by atoms with Crippen LogP contribution in [-0.2, 0) is 0 Å². The Morgan fingerprint density at radius 1 is 0.909 bits per heavy atom. The number of fused-ring (bicyclic) bond motifs is 1. The van der Waals surface area contributed by atoms with Gasteiger partial charge in [0, 0.05) is 5.39 Å². The summed E-state index contributed by atoms with van der Waals surface area (Å²) < 4.78 is 0. The van der Waals surface area contributed by atoms with E-state index in [0.717, 1.165) is 5.39 Å². The first-order valence-electron chi connectivity index (χ1n) is 6.60. The summed E-state index contributed by atoms with van der Waals surface area (Å²) in [5.74, 6) is -0.241. The molecule has 0 amide bonds. The Morgan fingerprint density at radius 2 is 1.64 bits per heavy atom. The van der Waals surface area contributed by atoms with Crippen molar-refractivity contribution >= 4 is 28.4 Å². The Balaban J connectivity index is 2.19. The molecule has 3 aromatic rings. The van der Waals surface area contributed by atoms with E-state index in [1.54, 1.807) is 36.4 Å². The number of phenolic OH excluding ortho intramolecular Hbond substituents is 2. The number of phenols is 2. The van der Waals surface area contributed by atoms with Crippen molar-refractivity contribution in [2.24, 2.45) is 10.2 Å². The zero-order chi connectivity index (χ0) is 15.5. The van der Waals surface area contributed by atoms with Gasteiger partial charge in [-0.1, -0.05) is 36.4 Å². The van der Waals surface area contributed by atoms with Gasteiger partial charge >= 0.3 is 0 Å². The molecule has 0 atom stereocenters. The molecule has 0 bridgehead atoms. The van der Waals surface area contributed by atoms with Crippen LogP contribution in [0, 0.1) is 0 Å². The van der Waals surface area contributed by atoms with Crippen molar-refractivity contribution in [1.82, 2.24) is 0 Å². The van der Waals surface area contributed by atoms with E-state index in [4.69, 9.17) is 0 Å². The molecule has 0 spiro atoms. The van der Waals surface area contributed by atoms with E-state index in [0.29, 0.717) is 11.7 Å². The largest absolute Gasteiger partial charge is 0.506 e. The summed E-state index contributed by atoms with van der Waals surface area (Å²) >= 11 is 0. The Hall–Kier alpha value is -3.21. The molecule has 0 unspecified atom stereocenters. The SMILES string of the molecule is O=Cc1cc2ccccc2c(N=Nc2ccccc2O)c1O. The maximum atomic E-state index is 11.1. The molecule has 0 saturated heterocycles. The van der Waals surface area contributed by atoms with Crippen molar-refractivity contribution in [2.45, 2.75) is 0 Å². The molecular weight excluding hydrogens is 280 g/mol. The highest BCUT2D eigenvalue weighted by Gasteiger charge is 2.12. The number of hydrogen-bond donors (Lipinski definition) is 2. The fraction of sp³-hybridized carbons (Fsp3) is 0. The zero-order valence-corrected chi connectivity index (χ0v) is 11.5. The summed E-state index contributed by atoms with van der Waals surface area (Å²) in [5, 5.41) is 29.3. The van der Waals surface area contributed by atoms with Gasteiger partial charge in [-0.25, -0.2) is 0 Å². The summed E-state index contributed by atoms with van der Waals surface area (Å²) in [5.41, 5.74) is 0.621. The van der Waals surface area contributed by atoms with Crippen LogP contribution in [0.15, 0.2) is 64.8 Å². The van der Waals surface area contributed by atoms with E-state index >= 15 is 0 Å². The fourth-order valence-electron chi connectivity index (χ4n) is 2.18. The second kappa shape index (κ2) is 5.65. The first kappa shape index (κ1) is 13.8. The highest BCUT2D eigenvalue weighted by atomic mass is 16.3. The van der Waals surface area contributed by atoms with Gasteiger partial charge in [0.1, 0.15) is 17.1 Å². The molecule has 5 nitrogen and oxygen atoms in total. The first-order valence-corrected chi connectivity index (χ1v) is 6.60. The molecule has 108 valence electrons. The Morgan fingerprint density at radius 3 is 2.41 bits per heavy atom. The number of para-hydroxylation sites is 1. The molecule has 0 aliphatic rings. The van der Waals surface area contributed by atoms with E-state index < -0.39 is 0 Å². The molecule has 22 heavy (non-hydrogen) atoms. The van der Waals surface area contributed by atoms with E-state index in [2.05, 4.69) is 10.2 Å². The van der Waals surface area contributed by atoms with Crippen LogP contribution in [0.3, 0.4) is 0 Å². The summed E-state index contributed by atoms with van der Waals surface area (Å²) in [4.78, 5) is 11.1. The molecule has 5 heteroatoms. The lowest BCUT2D eigenvalue weighted by Crippen LogP contribution is -1.84. The van der Waals surface area contributed by atoms with Crippen LogP contribution in [0.2, 0.25) is 0 Å². The molecule has 0 aromatic heterocycles. The number of carbonyl (C=O) groups is 1.